The van der Waals surface area contributed by atoms with Crippen molar-refractivity contribution in [2.45, 2.75) is 80.3 Å². The molecule has 0 radical (unpaired) electrons. The molecule has 1 fully saturated rings. The molecule has 8 nitrogen and oxygen atoms in total. The number of unbranched alkanes of at least 4 members (excludes halogenated alkanes) is 2. The van der Waals surface area contributed by atoms with E-state index in [4.69, 9.17) is 15.0 Å². The molecule has 1 aliphatic rings. The summed E-state index contributed by atoms with van der Waals surface area (Å²) in [6.07, 6.45) is 3.75. The van der Waals surface area contributed by atoms with Crippen molar-refractivity contribution in [2.75, 3.05) is 13.2 Å². The molecule has 10 heteroatoms. The highest BCUT2D eigenvalue weighted by atomic mass is 32.2. The van der Waals surface area contributed by atoms with Gasteiger partial charge in [0.05, 0.1) is 22.9 Å². The molecule has 3 unspecified atom stereocenters. The molecular weight excluding hydrogens is 488 g/mol. The molecule has 0 aliphatic heterocycles. The van der Waals surface area contributed by atoms with E-state index in [2.05, 4.69) is 11.7 Å². The molecule has 0 bridgehead atoms. The summed E-state index contributed by atoms with van der Waals surface area (Å²) >= 11 is 0. The predicted molar refractivity (Wildman–Crippen MR) is 136 cm³/mol. The normalized spacial score (nSPS) is 20.9. The van der Waals surface area contributed by atoms with Gasteiger partial charge in [0, 0.05) is 12.0 Å². The Bertz CT molecular complexity index is 1270. The number of ether oxygens (including phenoxy) is 2. The van der Waals surface area contributed by atoms with E-state index in [1.165, 1.54) is 6.07 Å². The van der Waals surface area contributed by atoms with Crippen molar-refractivity contribution >= 4 is 36.0 Å². The Morgan fingerprint density at radius 3 is 2.49 bits per heavy atom. The third-order valence-corrected chi connectivity index (χ3v) is 10.6. The van der Waals surface area contributed by atoms with E-state index in [0.29, 0.717) is 42.7 Å². The number of hydrogen-bond acceptors (Lipinski definition) is 6. The van der Waals surface area contributed by atoms with Gasteiger partial charge in [0.15, 0.2) is 9.84 Å². The van der Waals surface area contributed by atoms with E-state index in [1.54, 1.807) is 24.3 Å². The first-order valence-corrected chi connectivity index (χ1v) is 15.3. The Balaban J connectivity index is 2.08. The summed E-state index contributed by atoms with van der Waals surface area (Å²) in [5, 5.41) is -1.39. The molecule has 0 N–H and O–H groups in total. The molecular formula is C25H34N2O6S2. The fourth-order valence-corrected chi connectivity index (χ4v) is 9.05. The van der Waals surface area contributed by atoms with Crippen LogP contribution >= 0.6 is 0 Å². The quantitative estimate of drug-likeness (QED) is 0.132. The highest BCUT2D eigenvalue weighted by Gasteiger charge is 2.50. The van der Waals surface area contributed by atoms with Crippen LogP contribution in [0.4, 0.5) is 0 Å². The molecule has 0 saturated heterocycles. The summed E-state index contributed by atoms with van der Waals surface area (Å²) in [6.45, 7) is 4.91. The highest BCUT2D eigenvalue weighted by molar-refractivity contribution is 8.05. The lowest BCUT2D eigenvalue weighted by atomic mass is 9.96. The molecule has 0 amide bonds. The fraction of sp³-hybridized carbons (Fsp3) is 0.560. The second kappa shape index (κ2) is 12.1. The average Bonchev–Trinajstić information content (AvgIpc) is 2.83. The van der Waals surface area contributed by atoms with Crippen molar-refractivity contribution in [1.82, 2.24) is 0 Å². The standard InChI is InChI=1S/C25H34N2O6S2/c1-3-5-15-32-20-14-13-19-9-7-11-23(21(19)17-20)35(30,31)24-12-8-10-22(33-16-6-4-2)25(24)34(28,29)18-27-26/h7,9,11,13-14,17-18,22,24-25H,3-6,8,10,12,15-16H2,1-2H3. The van der Waals surface area contributed by atoms with E-state index in [9.17, 15) is 16.8 Å². The Hall–Kier alpha value is -2.26. The molecule has 35 heavy (non-hydrogen) atoms. The maximum atomic E-state index is 14.0. The van der Waals surface area contributed by atoms with Crippen LogP contribution in [0.3, 0.4) is 0 Å². The molecule has 0 aromatic heterocycles. The van der Waals surface area contributed by atoms with E-state index in [1.807, 2.05) is 13.0 Å². The van der Waals surface area contributed by atoms with Crippen LogP contribution < -0.4 is 4.74 Å². The molecule has 2 aromatic rings. The first-order valence-electron chi connectivity index (χ1n) is 12.2. The molecule has 0 heterocycles. The van der Waals surface area contributed by atoms with Crippen LogP contribution in [0, 0.1) is 0 Å². The van der Waals surface area contributed by atoms with Crippen LogP contribution in [-0.4, -0.2) is 57.0 Å². The molecule has 1 saturated carbocycles. The molecule has 1 aliphatic carbocycles. The largest absolute Gasteiger partial charge is 0.494 e. The first-order chi connectivity index (χ1) is 16.8. The third kappa shape index (κ3) is 6.30. The summed E-state index contributed by atoms with van der Waals surface area (Å²) < 4.78 is 66.0. The number of rotatable bonds is 12. The lowest BCUT2D eigenvalue weighted by Gasteiger charge is -2.35. The zero-order valence-electron chi connectivity index (χ0n) is 20.3. The first kappa shape index (κ1) is 27.3. The van der Waals surface area contributed by atoms with Crippen LogP contribution in [0.15, 0.2) is 41.3 Å². The van der Waals surface area contributed by atoms with E-state index in [0.717, 1.165) is 31.1 Å². The Morgan fingerprint density at radius 1 is 1.03 bits per heavy atom. The maximum Gasteiger partial charge on any atom is 0.370 e. The van der Waals surface area contributed by atoms with Gasteiger partial charge in [-0.25, -0.2) is 16.8 Å². The van der Waals surface area contributed by atoms with Crippen LogP contribution in [0.2, 0.25) is 0 Å². The van der Waals surface area contributed by atoms with Gasteiger partial charge in [-0.1, -0.05) is 44.9 Å². The van der Waals surface area contributed by atoms with Gasteiger partial charge in [-0.05, 0) is 55.7 Å². The summed E-state index contributed by atoms with van der Waals surface area (Å²) in [6, 6.07) is 10.3. The molecule has 3 atom stereocenters. The van der Waals surface area contributed by atoms with Gasteiger partial charge in [-0.2, -0.15) is 4.79 Å². The van der Waals surface area contributed by atoms with Crippen molar-refractivity contribution < 1.29 is 31.1 Å². The number of benzene rings is 2. The zero-order valence-corrected chi connectivity index (χ0v) is 21.9. The topological polar surface area (TPSA) is 123 Å². The summed E-state index contributed by atoms with van der Waals surface area (Å²) in [5.74, 6) is 0.564. The second-order valence-electron chi connectivity index (χ2n) is 8.89. The molecule has 192 valence electrons. The Labute approximate surface area is 208 Å². The third-order valence-electron chi connectivity index (χ3n) is 6.40. The summed E-state index contributed by atoms with van der Waals surface area (Å²) in [7, 11) is -8.31. The number of hydrogen-bond donors (Lipinski definition) is 0. The van der Waals surface area contributed by atoms with Gasteiger partial charge < -0.3 is 15.0 Å². The van der Waals surface area contributed by atoms with Crippen molar-refractivity contribution in [2.24, 2.45) is 0 Å². The minimum Gasteiger partial charge on any atom is -0.494 e. The Morgan fingerprint density at radius 2 is 1.77 bits per heavy atom. The fourth-order valence-electron chi connectivity index (χ4n) is 4.59. The van der Waals surface area contributed by atoms with Gasteiger partial charge in [0.2, 0.25) is 0 Å². The van der Waals surface area contributed by atoms with Crippen LogP contribution in [0.5, 0.6) is 5.75 Å². The molecule has 0 spiro atoms. The van der Waals surface area contributed by atoms with E-state index in [-0.39, 0.29) is 11.3 Å². The molecule has 2 aromatic carbocycles. The van der Waals surface area contributed by atoms with Crippen LogP contribution in [0.25, 0.3) is 16.3 Å². The van der Waals surface area contributed by atoms with Gasteiger partial charge in [-0.3, -0.25) is 0 Å². The summed E-state index contributed by atoms with van der Waals surface area (Å²) in [4.78, 5) is 2.79. The van der Waals surface area contributed by atoms with Crippen LogP contribution in [-0.2, 0) is 24.4 Å². The van der Waals surface area contributed by atoms with Crippen molar-refractivity contribution in [3.05, 3.63) is 41.9 Å². The lowest BCUT2D eigenvalue weighted by molar-refractivity contribution is 0.00633. The minimum absolute atomic E-state index is 0.0660. The van der Waals surface area contributed by atoms with Gasteiger partial charge in [-0.15, -0.1) is 0 Å². The number of sulfone groups is 2. The zero-order chi connectivity index (χ0) is 25.5. The average molecular weight is 523 g/mol. The highest BCUT2D eigenvalue weighted by Crippen LogP contribution is 2.37. The summed E-state index contributed by atoms with van der Waals surface area (Å²) in [5.41, 5.74) is 9.42. The number of nitrogens with zero attached hydrogens (tertiary/aromatic N) is 2. The van der Waals surface area contributed by atoms with E-state index >= 15 is 0 Å². The van der Waals surface area contributed by atoms with Gasteiger partial charge >= 0.3 is 5.55 Å². The molecule has 3 rings (SSSR count). The van der Waals surface area contributed by atoms with Gasteiger partial charge in [0.1, 0.15) is 11.0 Å². The van der Waals surface area contributed by atoms with E-state index < -0.39 is 36.3 Å². The number of fused-ring (bicyclic) bond motifs is 1. The minimum atomic E-state index is -4.21. The maximum absolute atomic E-state index is 14.0. The smallest absolute Gasteiger partial charge is 0.370 e. The lowest BCUT2D eigenvalue weighted by Crippen LogP contribution is -2.51. The van der Waals surface area contributed by atoms with Crippen molar-refractivity contribution in [3.63, 3.8) is 0 Å². The second-order valence-corrected chi connectivity index (χ2v) is 13.0. The van der Waals surface area contributed by atoms with Gasteiger partial charge in [0.25, 0.3) is 9.84 Å². The monoisotopic (exact) mass is 522 g/mol. The van der Waals surface area contributed by atoms with Crippen molar-refractivity contribution in [1.29, 1.82) is 0 Å². The SMILES string of the molecule is CCCCOc1ccc2cccc(S(=O)(=O)C3CCCC(OCCCC)C3S(=O)(=O)C=[N+]=[N-])c2c1. The predicted octanol–water partition coefficient (Wildman–Crippen LogP) is 4.57. The Kier molecular flexibility index (Phi) is 9.47. The van der Waals surface area contributed by atoms with Crippen molar-refractivity contribution in [3.8, 4) is 5.75 Å². The van der Waals surface area contributed by atoms with Crippen LogP contribution in [0.1, 0.15) is 58.8 Å².